The van der Waals surface area contributed by atoms with E-state index in [2.05, 4.69) is 20.5 Å². The fourth-order valence-corrected chi connectivity index (χ4v) is 3.22. The summed E-state index contributed by atoms with van der Waals surface area (Å²) in [5.41, 5.74) is 1.36. The van der Waals surface area contributed by atoms with Crippen LogP contribution in [0.2, 0.25) is 0 Å². The lowest BCUT2D eigenvalue weighted by molar-refractivity contribution is 0.0713. The Balaban J connectivity index is 1.87. The molecule has 0 spiro atoms. The molecule has 1 N–H and O–H groups in total. The Morgan fingerprint density at radius 3 is 2.83 bits per heavy atom. The van der Waals surface area contributed by atoms with Crippen molar-refractivity contribution in [3.8, 4) is 22.1 Å². The second kappa shape index (κ2) is 9.59. The monoisotopic (exact) mass is 432 g/mol. The highest BCUT2D eigenvalue weighted by Crippen LogP contribution is 2.35. The number of amides is 1. The van der Waals surface area contributed by atoms with Crippen LogP contribution in [0.3, 0.4) is 0 Å². The summed E-state index contributed by atoms with van der Waals surface area (Å²) in [6, 6.07) is 6.12. The lowest BCUT2D eigenvalue weighted by atomic mass is 9.98. The van der Waals surface area contributed by atoms with E-state index in [-0.39, 0.29) is 22.4 Å². The molecule has 0 saturated heterocycles. The molecule has 0 aliphatic carbocycles. The normalized spacial score (nSPS) is 11.8. The largest absolute Gasteiger partial charge is 0.496 e. The summed E-state index contributed by atoms with van der Waals surface area (Å²) in [6.07, 6.45) is 1.29. The van der Waals surface area contributed by atoms with Crippen molar-refractivity contribution >= 4 is 22.4 Å². The first kappa shape index (κ1) is 21.6. The molecule has 10 heteroatoms. The highest BCUT2D eigenvalue weighted by molar-refractivity contribution is 7.17. The molecule has 3 rings (SSSR count). The summed E-state index contributed by atoms with van der Waals surface area (Å²) in [7, 11) is 3.02. The van der Waals surface area contributed by atoms with Crippen LogP contribution >= 0.6 is 11.3 Å². The van der Waals surface area contributed by atoms with Crippen molar-refractivity contribution < 1.29 is 23.4 Å². The number of benzene rings is 1. The molecule has 158 valence electrons. The van der Waals surface area contributed by atoms with Gasteiger partial charge >= 0.3 is 0 Å². The molecule has 30 heavy (non-hydrogen) atoms. The van der Waals surface area contributed by atoms with E-state index in [9.17, 15) is 9.18 Å². The van der Waals surface area contributed by atoms with Crippen molar-refractivity contribution in [3.05, 3.63) is 47.5 Å². The number of pyridine rings is 1. The summed E-state index contributed by atoms with van der Waals surface area (Å²) in [5.74, 6) is -0.697. The number of halogens is 1. The standard InChI is InChI=1S/C20H21FN4O4S/c1-11-8-13(17-15(21)6-5-7-16(17)28-4)14(9-22-11)18(26)23-19-24-25-20(30-19)29-10-12(2)27-3/h5-9,12H,10H2,1-4H3,(H,23,24,26). The molecule has 0 bridgehead atoms. The first-order chi connectivity index (χ1) is 14.4. The molecule has 2 heterocycles. The number of aryl methyl sites for hydroxylation is 1. The quantitative estimate of drug-likeness (QED) is 0.580. The Labute approximate surface area is 177 Å². The highest BCUT2D eigenvalue weighted by atomic mass is 32.1. The maximum atomic E-state index is 14.6. The molecule has 0 aliphatic heterocycles. The van der Waals surface area contributed by atoms with Crippen LogP contribution in [-0.2, 0) is 4.74 Å². The number of nitrogens with zero attached hydrogens (tertiary/aromatic N) is 3. The molecule has 0 fully saturated rings. The molecule has 1 amide bonds. The number of hydrogen-bond donors (Lipinski definition) is 1. The van der Waals surface area contributed by atoms with Gasteiger partial charge in [0.25, 0.3) is 11.1 Å². The van der Waals surface area contributed by atoms with E-state index in [1.807, 2.05) is 6.92 Å². The number of carbonyl (C=O) groups is 1. The van der Waals surface area contributed by atoms with E-state index < -0.39 is 11.7 Å². The maximum absolute atomic E-state index is 14.6. The fourth-order valence-electron chi connectivity index (χ4n) is 2.62. The SMILES string of the molecule is COc1cccc(F)c1-c1cc(C)ncc1C(=O)Nc1nnc(OCC(C)OC)s1. The Hall–Kier alpha value is -3.11. The molecular weight excluding hydrogens is 411 g/mol. The van der Waals surface area contributed by atoms with Gasteiger partial charge in [-0.2, -0.15) is 0 Å². The minimum absolute atomic E-state index is 0.108. The topological polar surface area (TPSA) is 95.5 Å². The molecule has 8 nitrogen and oxygen atoms in total. The number of hydrogen-bond acceptors (Lipinski definition) is 8. The molecular formula is C20H21FN4O4S. The van der Waals surface area contributed by atoms with Gasteiger partial charge in [0.2, 0.25) is 5.13 Å². The van der Waals surface area contributed by atoms with Gasteiger partial charge in [0.1, 0.15) is 18.2 Å². The lowest BCUT2D eigenvalue weighted by Crippen LogP contribution is -2.15. The zero-order valence-corrected chi connectivity index (χ0v) is 17.7. The van der Waals surface area contributed by atoms with Gasteiger partial charge in [-0.1, -0.05) is 11.2 Å². The average molecular weight is 432 g/mol. The van der Waals surface area contributed by atoms with E-state index in [1.54, 1.807) is 32.2 Å². The lowest BCUT2D eigenvalue weighted by Gasteiger charge is -2.14. The minimum atomic E-state index is -0.507. The van der Waals surface area contributed by atoms with Crippen LogP contribution < -0.4 is 14.8 Å². The first-order valence-electron chi connectivity index (χ1n) is 9.03. The molecule has 0 radical (unpaired) electrons. The van der Waals surface area contributed by atoms with Crippen LogP contribution in [0.5, 0.6) is 10.9 Å². The Bertz CT molecular complexity index is 1040. The van der Waals surface area contributed by atoms with E-state index in [0.29, 0.717) is 28.8 Å². The molecule has 1 aromatic carbocycles. The van der Waals surface area contributed by atoms with E-state index in [0.717, 1.165) is 11.3 Å². The Kier molecular flexibility index (Phi) is 6.91. The van der Waals surface area contributed by atoms with Gasteiger partial charge in [-0.25, -0.2) is 4.39 Å². The van der Waals surface area contributed by atoms with Crippen molar-refractivity contribution in [1.29, 1.82) is 0 Å². The van der Waals surface area contributed by atoms with Crippen molar-refractivity contribution in [2.24, 2.45) is 0 Å². The van der Waals surface area contributed by atoms with Crippen molar-refractivity contribution in [2.45, 2.75) is 20.0 Å². The van der Waals surface area contributed by atoms with Crippen LogP contribution in [0.4, 0.5) is 9.52 Å². The molecule has 2 aromatic heterocycles. The van der Waals surface area contributed by atoms with E-state index in [1.165, 1.54) is 19.4 Å². The van der Waals surface area contributed by atoms with Crippen LogP contribution in [-0.4, -0.2) is 48.0 Å². The zero-order chi connectivity index (χ0) is 21.7. The van der Waals surface area contributed by atoms with E-state index >= 15 is 0 Å². The number of methoxy groups -OCH3 is 2. The highest BCUT2D eigenvalue weighted by Gasteiger charge is 2.21. The third kappa shape index (κ3) is 4.89. The summed E-state index contributed by atoms with van der Waals surface area (Å²) < 4.78 is 30.5. The van der Waals surface area contributed by atoms with Gasteiger partial charge in [-0.15, -0.1) is 5.10 Å². The molecule has 1 unspecified atom stereocenters. The minimum Gasteiger partial charge on any atom is -0.496 e. The summed E-state index contributed by atoms with van der Waals surface area (Å²) in [4.78, 5) is 17.1. The van der Waals surface area contributed by atoms with E-state index in [4.69, 9.17) is 14.2 Å². The van der Waals surface area contributed by atoms with Crippen LogP contribution in [0.1, 0.15) is 23.0 Å². The third-order valence-electron chi connectivity index (χ3n) is 4.22. The third-order valence-corrected chi connectivity index (χ3v) is 4.97. The summed E-state index contributed by atoms with van der Waals surface area (Å²) >= 11 is 1.07. The van der Waals surface area contributed by atoms with Crippen LogP contribution in [0.15, 0.2) is 30.5 Å². The predicted molar refractivity (Wildman–Crippen MR) is 111 cm³/mol. The predicted octanol–water partition coefficient (Wildman–Crippen LogP) is 3.72. The van der Waals surface area contributed by atoms with Crippen LogP contribution in [0.25, 0.3) is 11.1 Å². The number of carbonyl (C=O) groups excluding carboxylic acids is 1. The summed E-state index contributed by atoms with van der Waals surface area (Å²) in [5, 5.41) is 11.0. The molecule has 0 aliphatic rings. The molecule has 0 saturated carbocycles. The number of aromatic nitrogens is 3. The van der Waals surface area contributed by atoms with Gasteiger partial charge in [-0.05, 0) is 43.4 Å². The van der Waals surface area contributed by atoms with Gasteiger partial charge in [0, 0.05) is 24.6 Å². The fraction of sp³-hybridized carbons (Fsp3) is 0.300. The molecule has 3 aromatic rings. The second-order valence-electron chi connectivity index (χ2n) is 6.37. The van der Waals surface area contributed by atoms with Crippen molar-refractivity contribution in [2.75, 3.05) is 26.1 Å². The van der Waals surface area contributed by atoms with Gasteiger partial charge in [-0.3, -0.25) is 15.1 Å². The first-order valence-corrected chi connectivity index (χ1v) is 9.84. The molecule has 1 atom stereocenters. The second-order valence-corrected chi connectivity index (χ2v) is 7.31. The smallest absolute Gasteiger partial charge is 0.295 e. The number of nitrogens with one attached hydrogen (secondary N) is 1. The number of ether oxygens (including phenoxy) is 3. The van der Waals surface area contributed by atoms with Crippen molar-refractivity contribution in [3.63, 3.8) is 0 Å². The van der Waals surface area contributed by atoms with Gasteiger partial charge in [0.05, 0.1) is 24.3 Å². The van der Waals surface area contributed by atoms with Crippen molar-refractivity contribution in [1.82, 2.24) is 15.2 Å². The maximum Gasteiger partial charge on any atom is 0.295 e. The van der Waals surface area contributed by atoms with Gasteiger partial charge in [0.15, 0.2) is 0 Å². The number of anilines is 1. The van der Waals surface area contributed by atoms with Gasteiger partial charge < -0.3 is 14.2 Å². The van der Waals surface area contributed by atoms with Crippen LogP contribution in [0, 0.1) is 12.7 Å². The average Bonchev–Trinajstić information content (AvgIpc) is 3.18. The number of rotatable bonds is 8. The Morgan fingerprint density at radius 1 is 1.30 bits per heavy atom. The Morgan fingerprint density at radius 2 is 2.10 bits per heavy atom. The summed E-state index contributed by atoms with van der Waals surface area (Å²) in [6.45, 7) is 3.92. The zero-order valence-electron chi connectivity index (χ0n) is 16.9.